The minimum atomic E-state index is -4.61. The molecule has 2 nitrogen and oxygen atoms in total. The number of halogens is 6. The van der Waals surface area contributed by atoms with Crippen LogP contribution < -0.4 is 0 Å². The molecule has 3 aromatic rings. The number of likely N-dealkylation sites (tertiary alicyclic amines) is 1. The second-order valence-electron chi connectivity index (χ2n) is 9.73. The van der Waals surface area contributed by atoms with Gasteiger partial charge in [0.15, 0.2) is 0 Å². The van der Waals surface area contributed by atoms with Crippen molar-refractivity contribution in [3.8, 4) is 0 Å². The van der Waals surface area contributed by atoms with E-state index >= 15 is 0 Å². The average molecular weight is 522 g/mol. The summed E-state index contributed by atoms with van der Waals surface area (Å²) in [7, 11) is 0. The van der Waals surface area contributed by atoms with Gasteiger partial charge in [0.1, 0.15) is 11.6 Å². The molecule has 8 heteroatoms. The minimum Gasteiger partial charge on any atom is -0.385 e. The molecule has 5 rings (SSSR count). The molecule has 190 valence electrons. The zero-order valence-electron chi connectivity index (χ0n) is 19.3. The van der Waals surface area contributed by atoms with Crippen LogP contribution in [-0.2, 0) is 11.8 Å². The van der Waals surface area contributed by atoms with Crippen LogP contribution in [0, 0.1) is 11.6 Å². The number of nitrogens with zero attached hydrogens (tertiary/aromatic N) is 1. The number of aliphatic hydroxyl groups is 1. The van der Waals surface area contributed by atoms with Crippen LogP contribution in [0.5, 0.6) is 0 Å². The molecule has 0 saturated carbocycles. The maximum Gasteiger partial charge on any atom is 0.417 e. The van der Waals surface area contributed by atoms with Gasteiger partial charge >= 0.3 is 6.18 Å². The average Bonchev–Trinajstić information content (AvgIpc) is 2.84. The van der Waals surface area contributed by atoms with Crippen LogP contribution in [0.1, 0.15) is 65.5 Å². The number of fused-ring (bicyclic) bond motifs is 1. The van der Waals surface area contributed by atoms with Crippen LogP contribution in [0.25, 0.3) is 0 Å². The van der Waals surface area contributed by atoms with Crippen LogP contribution >= 0.6 is 11.6 Å². The molecule has 0 bridgehead atoms. The van der Waals surface area contributed by atoms with Crippen LogP contribution in [0.4, 0.5) is 22.0 Å². The van der Waals surface area contributed by atoms with Gasteiger partial charge in [-0.05, 0) is 84.3 Å². The Hall–Kier alpha value is -2.48. The number of piperidine rings is 1. The summed E-state index contributed by atoms with van der Waals surface area (Å²) in [6.45, 7) is 0.893. The van der Waals surface area contributed by atoms with Crippen molar-refractivity contribution in [1.29, 1.82) is 0 Å². The highest BCUT2D eigenvalue weighted by Crippen LogP contribution is 2.46. The van der Waals surface area contributed by atoms with Crippen molar-refractivity contribution in [2.24, 2.45) is 0 Å². The zero-order chi connectivity index (χ0) is 25.7. The zero-order valence-corrected chi connectivity index (χ0v) is 20.1. The summed E-state index contributed by atoms with van der Waals surface area (Å²) in [5, 5.41) is 10.9. The van der Waals surface area contributed by atoms with E-state index in [0.29, 0.717) is 13.1 Å². The van der Waals surface area contributed by atoms with Crippen molar-refractivity contribution in [3.05, 3.63) is 105 Å². The Bertz CT molecular complexity index is 1250. The Morgan fingerprint density at radius 3 is 2.17 bits per heavy atom. The molecule has 0 radical (unpaired) electrons. The molecular formula is C28H25ClF5NO. The lowest BCUT2D eigenvalue weighted by Gasteiger charge is -2.45. The summed E-state index contributed by atoms with van der Waals surface area (Å²) in [4.78, 5) is 2.17. The summed E-state index contributed by atoms with van der Waals surface area (Å²) >= 11 is 5.76. The second-order valence-corrected chi connectivity index (χ2v) is 10.1. The fraction of sp³-hybridized carbons (Fsp3) is 0.357. The fourth-order valence-electron chi connectivity index (χ4n) is 5.73. The summed E-state index contributed by atoms with van der Waals surface area (Å²) < 4.78 is 67.8. The van der Waals surface area contributed by atoms with Gasteiger partial charge in [-0.3, -0.25) is 4.90 Å². The predicted octanol–water partition coefficient (Wildman–Crippen LogP) is 7.59. The molecule has 1 aliphatic carbocycles. The Balaban J connectivity index is 1.38. The third-order valence-corrected chi connectivity index (χ3v) is 7.99. The topological polar surface area (TPSA) is 23.5 Å². The van der Waals surface area contributed by atoms with Gasteiger partial charge in [0, 0.05) is 25.0 Å². The number of alkyl halides is 3. The molecule has 1 saturated heterocycles. The van der Waals surface area contributed by atoms with E-state index in [1.165, 1.54) is 30.3 Å². The van der Waals surface area contributed by atoms with E-state index in [0.717, 1.165) is 35.6 Å². The van der Waals surface area contributed by atoms with Crippen molar-refractivity contribution in [2.75, 3.05) is 13.1 Å². The molecule has 0 aromatic heterocycles. The molecule has 1 heterocycles. The van der Waals surface area contributed by atoms with Crippen LogP contribution in [-0.4, -0.2) is 23.1 Å². The highest BCUT2D eigenvalue weighted by molar-refractivity contribution is 6.31. The lowest BCUT2D eigenvalue weighted by atomic mass is 9.75. The second kappa shape index (κ2) is 9.43. The molecule has 2 unspecified atom stereocenters. The molecular weight excluding hydrogens is 497 g/mol. The molecule has 36 heavy (non-hydrogen) atoms. The van der Waals surface area contributed by atoms with Crippen LogP contribution in [0.2, 0.25) is 5.02 Å². The number of rotatable bonds is 3. The normalized spacial score (nSPS) is 22.3. The molecule has 0 amide bonds. The van der Waals surface area contributed by atoms with E-state index in [1.54, 1.807) is 24.3 Å². The summed E-state index contributed by atoms with van der Waals surface area (Å²) in [6.07, 6.45) is -2.58. The van der Waals surface area contributed by atoms with Gasteiger partial charge in [-0.15, -0.1) is 0 Å². The lowest BCUT2D eigenvalue weighted by molar-refractivity contribution is -0.137. The van der Waals surface area contributed by atoms with Gasteiger partial charge in [0.25, 0.3) is 0 Å². The lowest BCUT2D eigenvalue weighted by Crippen LogP contribution is -2.45. The Kier molecular flexibility index (Phi) is 6.60. The fourth-order valence-corrected chi connectivity index (χ4v) is 5.96. The number of hydrogen-bond donors (Lipinski definition) is 1. The first-order valence-corrected chi connectivity index (χ1v) is 12.3. The van der Waals surface area contributed by atoms with Gasteiger partial charge in [-0.25, -0.2) is 8.78 Å². The summed E-state index contributed by atoms with van der Waals surface area (Å²) in [5.41, 5.74) is 0.668. The van der Waals surface area contributed by atoms with Crippen molar-refractivity contribution >= 4 is 11.6 Å². The predicted molar refractivity (Wildman–Crippen MR) is 128 cm³/mol. The maximum atomic E-state index is 14.3. The molecule has 1 N–H and O–H groups in total. The third kappa shape index (κ3) is 4.76. The largest absolute Gasteiger partial charge is 0.417 e. The van der Waals surface area contributed by atoms with Crippen molar-refractivity contribution in [3.63, 3.8) is 0 Å². The van der Waals surface area contributed by atoms with Crippen LogP contribution in [0.15, 0.2) is 60.7 Å². The van der Waals surface area contributed by atoms with Gasteiger partial charge in [-0.2, -0.15) is 13.2 Å². The summed E-state index contributed by atoms with van der Waals surface area (Å²) in [5.74, 6) is -0.627. The molecule has 2 aliphatic rings. The van der Waals surface area contributed by atoms with E-state index in [-0.39, 0.29) is 42.0 Å². The van der Waals surface area contributed by atoms with Gasteiger partial charge in [0.2, 0.25) is 0 Å². The van der Waals surface area contributed by atoms with Crippen molar-refractivity contribution in [1.82, 2.24) is 4.90 Å². The first-order chi connectivity index (χ1) is 17.0. The third-order valence-electron chi connectivity index (χ3n) is 7.66. The monoisotopic (exact) mass is 521 g/mol. The number of benzene rings is 3. The van der Waals surface area contributed by atoms with E-state index in [1.807, 2.05) is 0 Å². The van der Waals surface area contributed by atoms with Crippen LogP contribution in [0.3, 0.4) is 0 Å². The minimum absolute atomic E-state index is 0.0222. The Morgan fingerprint density at radius 2 is 1.50 bits per heavy atom. The van der Waals surface area contributed by atoms with Crippen molar-refractivity contribution < 1.29 is 27.1 Å². The SMILES string of the molecule is OC1(c2ccc(Cl)c(C(F)(F)F)c2)CCN(C2CCC(c3ccc(F)cc3)c3ccc(F)cc32)CC1. The number of hydrogen-bond acceptors (Lipinski definition) is 2. The van der Waals surface area contributed by atoms with Gasteiger partial charge < -0.3 is 5.11 Å². The molecule has 0 spiro atoms. The molecule has 1 aliphatic heterocycles. The quantitative estimate of drug-likeness (QED) is 0.359. The van der Waals surface area contributed by atoms with E-state index in [4.69, 9.17) is 11.6 Å². The maximum absolute atomic E-state index is 14.3. The smallest absolute Gasteiger partial charge is 0.385 e. The standard InChI is InChI=1S/C28H25ClF5NO/c29-25-9-3-18(15-24(25)28(32,33)34)27(36)11-13-35(14-12-27)26-10-8-21(17-1-4-19(30)5-2-17)22-7-6-20(31)16-23(22)26/h1-7,9,15-16,21,26,36H,8,10-14H2. The Labute approximate surface area is 211 Å². The first kappa shape index (κ1) is 25.2. The highest BCUT2D eigenvalue weighted by Gasteiger charge is 2.41. The van der Waals surface area contributed by atoms with Gasteiger partial charge in [0.05, 0.1) is 16.2 Å². The molecule has 3 aromatic carbocycles. The molecule has 2 atom stereocenters. The summed E-state index contributed by atoms with van der Waals surface area (Å²) in [6, 6.07) is 14.6. The first-order valence-electron chi connectivity index (χ1n) is 11.9. The molecule has 1 fully saturated rings. The van der Waals surface area contributed by atoms with Crippen molar-refractivity contribution in [2.45, 2.75) is 49.4 Å². The van der Waals surface area contributed by atoms with Gasteiger partial charge in [-0.1, -0.05) is 35.9 Å². The highest BCUT2D eigenvalue weighted by atomic mass is 35.5. The Morgan fingerprint density at radius 1 is 0.833 bits per heavy atom. The van der Waals surface area contributed by atoms with E-state index < -0.39 is 22.4 Å². The van der Waals surface area contributed by atoms with E-state index in [2.05, 4.69) is 4.90 Å². The van der Waals surface area contributed by atoms with E-state index in [9.17, 15) is 27.1 Å².